The minimum absolute atomic E-state index is 0.759. The molecular formula is C12H8BrClN2. The molecule has 2 nitrogen and oxygen atoms in total. The fourth-order valence-corrected chi connectivity index (χ4v) is 2.69. The van der Waals surface area contributed by atoms with E-state index in [1.807, 2.05) is 36.6 Å². The van der Waals surface area contributed by atoms with E-state index in [2.05, 4.69) is 25.8 Å². The van der Waals surface area contributed by atoms with Gasteiger partial charge in [0.05, 0.1) is 12.2 Å². The molecule has 16 heavy (non-hydrogen) atoms. The van der Waals surface area contributed by atoms with Gasteiger partial charge in [-0.3, -0.25) is 0 Å². The molecule has 0 aliphatic carbocycles. The standard InChI is InChI=1S/C12H8BrClN2/c13-8-5-10(14)9-7-16-4-2-1-3-12(16)15-11(9)6-8/h1-6H,7H2. The Labute approximate surface area is 107 Å². The molecule has 0 unspecified atom stereocenters. The first-order chi connectivity index (χ1) is 7.74. The van der Waals surface area contributed by atoms with Crippen LogP contribution in [0.15, 0.2) is 46.0 Å². The number of benzene rings is 1. The number of rotatable bonds is 0. The summed E-state index contributed by atoms with van der Waals surface area (Å²) < 4.78 is 0.962. The lowest BCUT2D eigenvalue weighted by molar-refractivity contribution is 0.544. The van der Waals surface area contributed by atoms with Crippen LogP contribution in [-0.2, 0) is 6.54 Å². The van der Waals surface area contributed by atoms with Crippen LogP contribution in [-0.4, -0.2) is 10.7 Å². The van der Waals surface area contributed by atoms with Gasteiger partial charge in [0.25, 0.3) is 0 Å². The van der Waals surface area contributed by atoms with E-state index >= 15 is 0 Å². The second-order valence-electron chi connectivity index (χ2n) is 3.68. The summed E-state index contributed by atoms with van der Waals surface area (Å²) in [6.45, 7) is 0.779. The van der Waals surface area contributed by atoms with Crippen LogP contribution in [0.3, 0.4) is 0 Å². The molecule has 0 saturated heterocycles. The number of halogens is 2. The van der Waals surface area contributed by atoms with Crippen LogP contribution >= 0.6 is 27.5 Å². The molecule has 0 N–H and O–H groups in total. The van der Waals surface area contributed by atoms with Gasteiger partial charge in [-0.05, 0) is 24.3 Å². The number of nitrogens with zero attached hydrogens (tertiary/aromatic N) is 2. The Hall–Kier alpha value is -1.06. The van der Waals surface area contributed by atoms with Crippen molar-refractivity contribution >= 4 is 39.1 Å². The van der Waals surface area contributed by atoms with E-state index < -0.39 is 0 Å². The highest BCUT2D eigenvalue weighted by Gasteiger charge is 2.20. The van der Waals surface area contributed by atoms with Gasteiger partial charge in [-0.15, -0.1) is 0 Å². The molecule has 3 rings (SSSR count). The zero-order valence-electron chi connectivity index (χ0n) is 8.32. The molecule has 0 spiro atoms. The molecule has 0 aromatic heterocycles. The molecule has 1 aromatic rings. The highest BCUT2D eigenvalue weighted by Crippen LogP contribution is 2.35. The lowest BCUT2D eigenvalue weighted by Crippen LogP contribution is -2.27. The van der Waals surface area contributed by atoms with Crippen molar-refractivity contribution in [3.63, 3.8) is 0 Å². The molecule has 0 bridgehead atoms. The quantitative estimate of drug-likeness (QED) is 0.705. The SMILES string of the molecule is Clc1cc(Br)cc2c1CN1C=CC=CC1=N2. The lowest BCUT2D eigenvalue weighted by Gasteiger charge is -2.28. The Morgan fingerprint density at radius 2 is 2.19 bits per heavy atom. The minimum Gasteiger partial charge on any atom is -0.328 e. The number of aliphatic imine (C=N–C) groups is 1. The van der Waals surface area contributed by atoms with Crippen molar-refractivity contribution < 1.29 is 0 Å². The molecule has 2 heterocycles. The molecule has 0 saturated carbocycles. The Bertz CT molecular complexity index is 546. The third-order valence-corrected chi connectivity index (χ3v) is 3.41. The van der Waals surface area contributed by atoms with E-state index in [9.17, 15) is 0 Å². The van der Waals surface area contributed by atoms with Gasteiger partial charge in [-0.25, -0.2) is 4.99 Å². The Morgan fingerprint density at radius 3 is 3.06 bits per heavy atom. The normalized spacial score (nSPS) is 16.9. The maximum atomic E-state index is 6.21. The maximum absolute atomic E-state index is 6.21. The number of hydrogen-bond acceptors (Lipinski definition) is 2. The van der Waals surface area contributed by atoms with Crippen LogP contribution in [0.5, 0.6) is 0 Å². The predicted octanol–water partition coefficient (Wildman–Crippen LogP) is 4.03. The fraction of sp³-hybridized carbons (Fsp3) is 0.0833. The molecule has 80 valence electrons. The molecule has 0 radical (unpaired) electrons. The third kappa shape index (κ3) is 1.60. The molecule has 2 aliphatic heterocycles. The van der Waals surface area contributed by atoms with E-state index in [0.29, 0.717) is 0 Å². The first-order valence-corrected chi connectivity index (χ1v) is 6.09. The predicted molar refractivity (Wildman–Crippen MR) is 70.1 cm³/mol. The van der Waals surface area contributed by atoms with Crippen LogP contribution < -0.4 is 0 Å². The average molecular weight is 296 g/mol. The van der Waals surface area contributed by atoms with Crippen molar-refractivity contribution in [1.82, 2.24) is 4.90 Å². The van der Waals surface area contributed by atoms with Crippen LogP contribution in [0.25, 0.3) is 0 Å². The summed E-state index contributed by atoms with van der Waals surface area (Å²) in [7, 11) is 0. The van der Waals surface area contributed by atoms with E-state index in [4.69, 9.17) is 11.6 Å². The van der Waals surface area contributed by atoms with Gasteiger partial charge in [0, 0.05) is 21.3 Å². The molecule has 1 aromatic carbocycles. The van der Waals surface area contributed by atoms with Gasteiger partial charge in [-0.1, -0.05) is 33.6 Å². The maximum Gasteiger partial charge on any atom is 0.133 e. The summed E-state index contributed by atoms with van der Waals surface area (Å²) in [5, 5.41) is 0.759. The monoisotopic (exact) mass is 294 g/mol. The fourth-order valence-electron chi connectivity index (χ4n) is 1.84. The molecule has 0 fully saturated rings. The smallest absolute Gasteiger partial charge is 0.133 e. The second kappa shape index (κ2) is 3.75. The highest BCUT2D eigenvalue weighted by molar-refractivity contribution is 9.10. The van der Waals surface area contributed by atoms with Gasteiger partial charge >= 0.3 is 0 Å². The Kier molecular flexibility index (Phi) is 2.37. The van der Waals surface area contributed by atoms with Crippen molar-refractivity contribution in [3.8, 4) is 0 Å². The van der Waals surface area contributed by atoms with Gasteiger partial charge < -0.3 is 4.90 Å². The molecular weight excluding hydrogens is 288 g/mol. The summed E-state index contributed by atoms with van der Waals surface area (Å²) in [5.41, 5.74) is 2.03. The Morgan fingerprint density at radius 1 is 1.31 bits per heavy atom. The molecule has 2 aliphatic rings. The summed E-state index contributed by atoms with van der Waals surface area (Å²) in [5.74, 6) is 0.962. The van der Waals surface area contributed by atoms with E-state index in [1.54, 1.807) is 0 Å². The number of allylic oxidation sites excluding steroid dienone is 2. The van der Waals surface area contributed by atoms with E-state index in [0.717, 1.165) is 33.1 Å². The molecule has 0 atom stereocenters. The zero-order chi connectivity index (χ0) is 11.1. The number of fused-ring (bicyclic) bond motifs is 2. The molecule has 0 amide bonds. The number of amidine groups is 1. The van der Waals surface area contributed by atoms with Gasteiger partial charge in [0.15, 0.2) is 0 Å². The first-order valence-electron chi connectivity index (χ1n) is 4.92. The highest BCUT2D eigenvalue weighted by atomic mass is 79.9. The minimum atomic E-state index is 0.759. The van der Waals surface area contributed by atoms with Gasteiger partial charge in [0.1, 0.15) is 5.84 Å². The first kappa shape index (κ1) is 10.1. The third-order valence-electron chi connectivity index (χ3n) is 2.62. The topological polar surface area (TPSA) is 15.6 Å². The van der Waals surface area contributed by atoms with Gasteiger partial charge in [0.2, 0.25) is 0 Å². The average Bonchev–Trinajstić information content (AvgIpc) is 2.27. The van der Waals surface area contributed by atoms with Crippen molar-refractivity contribution in [3.05, 3.63) is 51.6 Å². The largest absolute Gasteiger partial charge is 0.328 e. The summed E-state index contributed by atoms with van der Waals surface area (Å²) in [6, 6.07) is 3.90. The zero-order valence-corrected chi connectivity index (χ0v) is 10.7. The van der Waals surface area contributed by atoms with Crippen LogP contribution in [0.1, 0.15) is 5.56 Å². The lowest BCUT2D eigenvalue weighted by atomic mass is 10.1. The van der Waals surface area contributed by atoms with Crippen LogP contribution in [0.4, 0.5) is 5.69 Å². The summed E-state index contributed by atoms with van der Waals surface area (Å²) in [4.78, 5) is 6.66. The van der Waals surface area contributed by atoms with Crippen LogP contribution in [0.2, 0.25) is 5.02 Å². The Balaban J connectivity index is 2.17. The van der Waals surface area contributed by atoms with E-state index in [1.165, 1.54) is 0 Å². The van der Waals surface area contributed by atoms with E-state index in [-0.39, 0.29) is 0 Å². The molecule has 4 heteroatoms. The van der Waals surface area contributed by atoms with Gasteiger partial charge in [-0.2, -0.15) is 0 Å². The van der Waals surface area contributed by atoms with Crippen molar-refractivity contribution in [2.24, 2.45) is 4.99 Å². The van der Waals surface area contributed by atoms with Crippen molar-refractivity contribution in [2.75, 3.05) is 0 Å². The van der Waals surface area contributed by atoms with Crippen molar-refractivity contribution in [1.29, 1.82) is 0 Å². The second-order valence-corrected chi connectivity index (χ2v) is 5.01. The number of hydrogen-bond donors (Lipinski definition) is 0. The van der Waals surface area contributed by atoms with Crippen molar-refractivity contribution in [2.45, 2.75) is 6.54 Å². The summed E-state index contributed by atoms with van der Waals surface area (Å²) in [6.07, 6.45) is 7.99. The van der Waals surface area contributed by atoms with Crippen LogP contribution in [0, 0.1) is 0 Å². The summed E-state index contributed by atoms with van der Waals surface area (Å²) >= 11 is 9.64.